The van der Waals surface area contributed by atoms with Crippen LogP contribution in [-0.4, -0.2) is 20.4 Å². The number of hydrogen-bond acceptors (Lipinski definition) is 4. The molecular formula is C24H26O4. The van der Waals surface area contributed by atoms with Crippen LogP contribution < -0.4 is 0 Å². The van der Waals surface area contributed by atoms with Crippen molar-refractivity contribution in [3.8, 4) is 23.0 Å². The highest BCUT2D eigenvalue weighted by Crippen LogP contribution is 2.42. The van der Waals surface area contributed by atoms with Crippen LogP contribution in [0, 0.1) is 13.8 Å². The van der Waals surface area contributed by atoms with Gasteiger partial charge in [-0.05, 0) is 77.4 Å². The molecule has 3 aromatic carbocycles. The van der Waals surface area contributed by atoms with Crippen LogP contribution >= 0.6 is 0 Å². The molecule has 146 valence electrons. The maximum Gasteiger partial charge on any atom is 0.157 e. The molecule has 0 fully saturated rings. The number of benzene rings is 3. The molecule has 28 heavy (non-hydrogen) atoms. The molecule has 0 saturated heterocycles. The van der Waals surface area contributed by atoms with Crippen LogP contribution in [0.1, 0.15) is 59.1 Å². The molecule has 3 aromatic rings. The lowest BCUT2D eigenvalue weighted by atomic mass is 9.80. The molecule has 0 amide bonds. The molecule has 4 heteroatoms. The lowest BCUT2D eigenvalue weighted by Gasteiger charge is -2.24. The number of aromatic hydroxyl groups is 4. The smallest absolute Gasteiger partial charge is 0.157 e. The second kappa shape index (κ2) is 7.47. The lowest BCUT2D eigenvalue weighted by Crippen LogP contribution is -2.07. The minimum Gasteiger partial charge on any atom is -0.504 e. The van der Waals surface area contributed by atoms with Crippen molar-refractivity contribution in [3.05, 3.63) is 81.9 Å². The molecule has 4 nitrogen and oxygen atoms in total. The molecule has 0 radical (unpaired) electrons. The van der Waals surface area contributed by atoms with Crippen molar-refractivity contribution >= 4 is 0 Å². The Morgan fingerprint density at radius 1 is 0.571 bits per heavy atom. The van der Waals surface area contributed by atoms with Crippen molar-refractivity contribution in [1.29, 1.82) is 0 Å². The molecule has 0 unspecified atom stereocenters. The zero-order valence-corrected chi connectivity index (χ0v) is 16.6. The van der Waals surface area contributed by atoms with Gasteiger partial charge in [0, 0.05) is 5.92 Å². The zero-order valence-electron chi connectivity index (χ0n) is 16.6. The van der Waals surface area contributed by atoms with E-state index in [9.17, 15) is 20.4 Å². The molecule has 0 aliphatic heterocycles. The summed E-state index contributed by atoms with van der Waals surface area (Å²) in [6, 6.07) is 14.5. The third kappa shape index (κ3) is 3.63. The van der Waals surface area contributed by atoms with E-state index in [0.717, 1.165) is 27.8 Å². The van der Waals surface area contributed by atoms with Crippen molar-refractivity contribution in [2.45, 2.75) is 39.5 Å². The van der Waals surface area contributed by atoms with Crippen LogP contribution in [-0.2, 0) is 0 Å². The van der Waals surface area contributed by atoms with Gasteiger partial charge >= 0.3 is 0 Å². The van der Waals surface area contributed by atoms with Crippen LogP contribution in [0.3, 0.4) is 0 Å². The van der Waals surface area contributed by atoms with Crippen LogP contribution in [0.2, 0.25) is 0 Å². The average molecular weight is 378 g/mol. The van der Waals surface area contributed by atoms with Crippen LogP contribution in [0.5, 0.6) is 23.0 Å². The van der Waals surface area contributed by atoms with E-state index >= 15 is 0 Å². The summed E-state index contributed by atoms with van der Waals surface area (Å²) < 4.78 is 0. The first-order chi connectivity index (χ1) is 13.2. The van der Waals surface area contributed by atoms with Gasteiger partial charge < -0.3 is 20.4 Å². The van der Waals surface area contributed by atoms with E-state index < -0.39 is 0 Å². The lowest BCUT2D eigenvalue weighted by molar-refractivity contribution is 0.401. The van der Waals surface area contributed by atoms with Crippen molar-refractivity contribution in [2.24, 2.45) is 0 Å². The summed E-state index contributed by atoms with van der Waals surface area (Å²) in [7, 11) is 0. The third-order valence-corrected chi connectivity index (χ3v) is 5.28. The molecule has 0 heterocycles. The van der Waals surface area contributed by atoms with Crippen molar-refractivity contribution < 1.29 is 20.4 Å². The van der Waals surface area contributed by atoms with E-state index in [1.165, 1.54) is 17.7 Å². The highest BCUT2D eigenvalue weighted by molar-refractivity contribution is 5.57. The number of aryl methyl sites for hydroxylation is 2. The second-order valence-electron chi connectivity index (χ2n) is 7.65. The van der Waals surface area contributed by atoms with Gasteiger partial charge in [-0.25, -0.2) is 0 Å². The van der Waals surface area contributed by atoms with Crippen LogP contribution in [0.15, 0.2) is 48.5 Å². The number of hydrogen-bond donors (Lipinski definition) is 4. The fraction of sp³-hybridized carbons (Fsp3) is 0.250. The molecule has 4 N–H and O–H groups in total. The first-order valence-corrected chi connectivity index (χ1v) is 9.33. The van der Waals surface area contributed by atoms with E-state index in [1.807, 2.05) is 26.0 Å². The number of phenolic OH excluding ortho intramolecular Hbond substituents is 4. The summed E-state index contributed by atoms with van der Waals surface area (Å²) >= 11 is 0. The van der Waals surface area contributed by atoms with Gasteiger partial charge in [0.2, 0.25) is 0 Å². The van der Waals surface area contributed by atoms with Crippen molar-refractivity contribution in [1.82, 2.24) is 0 Å². The molecule has 0 spiro atoms. The first-order valence-electron chi connectivity index (χ1n) is 9.33. The number of phenols is 4. The summed E-state index contributed by atoms with van der Waals surface area (Å²) in [5.74, 6) is -0.582. The fourth-order valence-corrected chi connectivity index (χ4v) is 3.62. The topological polar surface area (TPSA) is 80.9 Å². The first kappa shape index (κ1) is 19.6. The van der Waals surface area contributed by atoms with E-state index in [1.54, 1.807) is 12.1 Å². The standard InChI is InChI=1S/C24H26O4/c1-13(2)16-5-7-17(8-6-16)24(18-11-22(27)20(25)9-14(18)3)19-12-23(28)21(26)10-15(19)4/h5-13,24-28H,1-4H3. The van der Waals surface area contributed by atoms with E-state index in [0.29, 0.717) is 5.92 Å². The van der Waals surface area contributed by atoms with Gasteiger partial charge in [0.1, 0.15) is 0 Å². The largest absolute Gasteiger partial charge is 0.504 e. The summed E-state index contributed by atoms with van der Waals surface area (Å²) in [5, 5.41) is 39.9. The normalized spacial score (nSPS) is 11.4. The van der Waals surface area contributed by atoms with Gasteiger partial charge in [-0.1, -0.05) is 38.1 Å². The predicted molar refractivity (Wildman–Crippen MR) is 110 cm³/mol. The number of rotatable bonds is 4. The summed E-state index contributed by atoms with van der Waals surface area (Å²) in [4.78, 5) is 0. The van der Waals surface area contributed by atoms with Gasteiger partial charge in [-0.3, -0.25) is 0 Å². The van der Waals surface area contributed by atoms with Crippen LogP contribution in [0.25, 0.3) is 0 Å². The van der Waals surface area contributed by atoms with Crippen LogP contribution in [0.4, 0.5) is 0 Å². The highest BCUT2D eigenvalue weighted by Gasteiger charge is 2.23. The highest BCUT2D eigenvalue weighted by atomic mass is 16.3. The minimum absolute atomic E-state index is 0.166. The summed E-state index contributed by atoms with van der Waals surface area (Å²) in [6.45, 7) is 8.02. The molecular weight excluding hydrogens is 352 g/mol. The average Bonchev–Trinajstić information content (AvgIpc) is 2.64. The van der Waals surface area contributed by atoms with Gasteiger partial charge in [0.25, 0.3) is 0 Å². The molecule has 0 bridgehead atoms. The van der Waals surface area contributed by atoms with Gasteiger partial charge in [0.15, 0.2) is 23.0 Å². The predicted octanol–water partition coefficient (Wildman–Crippen LogP) is 5.43. The maximum absolute atomic E-state index is 10.1. The Labute approximate surface area is 165 Å². The molecule has 0 aliphatic carbocycles. The Hall–Kier alpha value is -3.14. The summed E-state index contributed by atoms with van der Waals surface area (Å²) in [5.41, 5.74) is 5.49. The van der Waals surface area contributed by atoms with Gasteiger partial charge in [-0.2, -0.15) is 0 Å². The van der Waals surface area contributed by atoms with E-state index in [-0.39, 0.29) is 28.9 Å². The Kier molecular flexibility index (Phi) is 5.23. The Morgan fingerprint density at radius 2 is 0.929 bits per heavy atom. The molecule has 0 aliphatic rings. The van der Waals surface area contributed by atoms with E-state index in [2.05, 4.69) is 26.0 Å². The molecule has 0 saturated carbocycles. The SMILES string of the molecule is Cc1cc(O)c(O)cc1C(c1ccc(C(C)C)cc1)c1cc(O)c(O)cc1C. The Balaban J connectivity index is 2.26. The van der Waals surface area contributed by atoms with Gasteiger partial charge in [-0.15, -0.1) is 0 Å². The van der Waals surface area contributed by atoms with Crippen molar-refractivity contribution in [2.75, 3.05) is 0 Å². The van der Waals surface area contributed by atoms with E-state index in [4.69, 9.17) is 0 Å². The second-order valence-corrected chi connectivity index (χ2v) is 7.65. The summed E-state index contributed by atoms with van der Waals surface area (Å²) in [6.07, 6.45) is 0. The fourth-order valence-electron chi connectivity index (χ4n) is 3.62. The molecule has 3 rings (SSSR count). The van der Waals surface area contributed by atoms with Crippen molar-refractivity contribution in [3.63, 3.8) is 0 Å². The monoisotopic (exact) mass is 378 g/mol. The third-order valence-electron chi connectivity index (χ3n) is 5.28. The molecule has 0 atom stereocenters. The maximum atomic E-state index is 10.1. The zero-order chi connectivity index (χ0) is 20.6. The van der Waals surface area contributed by atoms with Gasteiger partial charge in [0.05, 0.1) is 0 Å². The Morgan fingerprint density at radius 3 is 1.32 bits per heavy atom. The Bertz CT molecular complexity index is 947. The minimum atomic E-state index is -0.279. The quantitative estimate of drug-likeness (QED) is 0.360. The molecule has 0 aromatic heterocycles.